The van der Waals surface area contributed by atoms with Crippen LogP contribution in [0.5, 0.6) is 0 Å². The molecule has 2 aromatic carbocycles. The van der Waals surface area contributed by atoms with Gasteiger partial charge in [-0.1, -0.05) is 23.7 Å². The second-order valence-corrected chi connectivity index (χ2v) is 7.43. The molecule has 1 aliphatic rings. The molecule has 0 radical (unpaired) electrons. The highest BCUT2D eigenvalue weighted by molar-refractivity contribution is 7.99. The largest absolute Gasteiger partial charge is 0.349 e. The van der Waals surface area contributed by atoms with Crippen molar-refractivity contribution < 1.29 is 15.0 Å². The van der Waals surface area contributed by atoms with Crippen LogP contribution in [0.4, 0.5) is 5.69 Å². The summed E-state index contributed by atoms with van der Waals surface area (Å²) < 4.78 is 0. The van der Waals surface area contributed by atoms with Gasteiger partial charge in [-0.2, -0.15) is 11.8 Å². The van der Waals surface area contributed by atoms with Crippen molar-refractivity contribution in [2.75, 3.05) is 29.9 Å². The average Bonchev–Trinajstić information content (AvgIpc) is 2.63. The second-order valence-electron chi connectivity index (χ2n) is 5.77. The molecule has 5 nitrogen and oxygen atoms in total. The molecule has 0 saturated carbocycles. The van der Waals surface area contributed by atoms with Gasteiger partial charge in [-0.3, -0.25) is 4.79 Å². The highest BCUT2D eigenvalue weighted by atomic mass is 35.5. The summed E-state index contributed by atoms with van der Waals surface area (Å²) in [6.45, 7) is 1.24. The lowest BCUT2D eigenvalue weighted by atomic mass is 10.1. The number of thioether (sulfide) groups is 1. The molecule has 1 fully saturated rings. The quantitative estimate of drug-likeness (QED) is 0.713. The van der Waals surface area contributed by atoms with E-state index in [-0.39, 0.29) is 5.91 Å². The summed E-state index contributed by atoms with van der Waals surface area (Å²) in [7, 11) is 0. The molecule has 25 heavy (non-hydrogen) atoms. The number of benzene rings is 2. The van der Waals surface area contributed by atoms with Gasteiger partial charge < -0.3 is 15.5 Å². The van der Waals surface area contributed by atoms with Crippen molar-refractivity contribution in [3.05, 3.63) is 64.7 Å². The van der Waals surface area contributed by atoms with E-state index in [4.69, 9.17) is 11.6 Å². The number of hydrogen-bond donors (Lipinski definition) is 3. The Morgan fingerprint density at radius 1 is 1.04 bits per heavy atom. The van der Waals surface area contributed by atoms with Crippen LogP contribution >= 0.6 is 23.4 Å². The Morgan fingerprint density at radius 2 is 1.64 bits per heavy atom. The van der Waals surface area contributed by atoms with Crippen LogP contribution in [0.2, 0.25) is 5.02 Å². The molecule has 1 heterocycles. The molecular weight excluding hydrogens is 360 g/mol. The zero-order chi connectivity index (χ0) is 17.9. The Morgan fingerprint density at radius 3 is 2.24 bits per heavy atom. The minimum Gasteiger partial charge on any atom is -0.349 e. The number of rotatable bonds is 4. The van der Waals surface area contributed by atoms with Crippen molar-refractivity contribution in [3.8, 4) is 0 Å². The summed E-state index contributed by atoms with van der Waals surface area (Å²) in [5.41, 5.74) is 1.45. The molecule has 1 amide bonds. The highest BCUT2D eigenvalue weighted by Gasteiger charge is 2.34. The fourth-order valence-corrected chi connectivity index (χ4v) is 3.67. The summed E-state index contributed by atoms with van der Waals surface area (Å²) >= 11 is 7.61. The molecule has 0 spiro atoms. The fraction of sp³-hybridized carbons (Fsp3) is 0.278. The van der Waals surface area contributed by atoms with Crippen LogP contribution in [0.3, 0.4) is 0 Å². The van der Waals surface area contributed by atoms with E-state index in [1.807, 2.05) is 0 Å². The third kappa shape index (κ3) is 4.34. The molecule has 7 heteroatoms. The number of nitrogens with zero attached hydrogens (tertiary/aromatic N) is 1. The average molecular weight is 379 g/mol. The number of halogens is 1. The smallest absolute Gasteiger partial charge is 0.255 e. The number of carbonyl (C=O) groups is 1. The van der Waals surface area contributed by atoms with Crippen LogP contribution in [0.15, 0.2) is 48.5 Å². The predicted molar refractivity (Wildman–Crippen MR) is 101 cm³/mol. The Bertz CT molecular complexity index is 729. The van der Waals surface area contributed by atoms with Crippen molar-refractivity contribution in [2.45, 2.75) is 5.91 Å². The summed E-state index contributed by atoms with van der Waals surface area (Å²) in [5.74, 6) is -0.507. The van der Waals surface area contributed by atoms with Gasteiger partial charge in [0.15, 0.2) is 0 Å². The fourth-order valence-electron chi connectivity index (χ4n) is 2.64. The molecule has 0 unspecified atom stereocenters. The van der Waals surface area contributed by atoms with Crippen LogP contribution in [0.1, 0.15) is 15.9 Å². The third-order valence-electron chi connectivity index (χ3n) is 4.09. The number of amides is 1. The van der Waals surface area contributed by atoms with E-state index >= 15 is 0 Å². The first-order chi connectivity index (χ1) is 12.0. The van der Waals surface area contributed by atoms with Crippen LogP contribution in [0.25, 0.3) is 0 Å². The minimum atomic E-state index is -2.00. The normalized spacial score (nSPS) is 15.8. The number of nitrogens with one attached hydrogen (secondary N) is 1. The summed E-state index contributed by atoms with van der Waals surface area (Å²) in [6.07, 6.45) is 0. The van der Waals surface area contributed by atoms with Gasteiger partial charge in [0.05, 0.1) is 0 Å². The maximum Gasteiger partial charge on any atom is 0.255 e. The van der Waals surface area contributed by atoms with Crippen LogP contribution < -0.4 is 5.32 Å². The van der Waals surface area contributed by atoms with E-state index in [1.54, 1.807) is 65.2 Å². The molecule has 0 aromatic heterocycles. The van der Waals surface area contributed by atoms with Crippen molar-refractivity contribution in [3.63, 3.8) is 0 Å². The summed E-state index contributed by atoms with van der Waals surface area (Å²) in [5, 5.41) is 24.3. The molecule has 0 aliphatic carbocycles. The molecule has 0 bridgehead atoms. The lowest BCUT2D eigenvalue weighted by molar-refractivity contribution is -0.273. The maximum absolute atomic E-state index is 12.2. The van der Waals surface area contributed by atoms with Gasteiger partial charge in [-0.05, 0) is 36.4 Å². The van der Waals surface area contributed by atoms with Gasteiger partial charge in [0.2, 0.25) is 0 Å². The van der Waals surface area contributed by atoms with E-state index in [1.165, 1.54) is 0 Å². The molecule has 3 N–H and O–H groups in total. The van der Waals surface area contributed by atoms with Crippen LogP contribution in [-0.2, 0) is 5.91 Å². The van der Waals surface area contributed by atoms with Crippen molar-refractivity contribution in [1.29, 1.82) is 0 Å². The molecule has 0 atom stereocenters. The SMILES string of the molecule is O=C(Nc1ccc(C(O)(O)N2CCSCC2)cc1)c1ccc(Cl)cc1. The first kappa shape index (κ1) is 18.2. The number of carbonyl (C=O) groups excluding carboxylic acids is 1. The van der Waals surface area contributed by atoms with Gasteiger partial charge in [0.25, 0.3) is 11.8 Å². The first-order valence-electron chi connectivity index (χ1n) is 7.92. The molecule has 1 saturated heterocycles. The summed E-state index contributed by atoms with van der Waals surface area (Å²) in [6, 6.07) is 13.1. The lowest BCUT2D eigenvalue weighted by Gasteiger charge is -2.37. The number of aliphatic hydroxyl groups is 2. The van der Waals surface area contributed by atoms with Gasteiger partial charge in [-0.25, -0.2) is 4.90 Å². The standard InChI is InChI=1S/C18H19ClN2O3S/c19-15-5-1-13(2-6-15)17(22)20-16-7-3-14(4-8-16)18(23,24)21-9-11-25-12-10-21/h1-8,23-24H,9-12H2,(H,20,22). The van der Waals surface area contributed by atoms with Crippen molar-refractivity contribution >= 4 is 35.0 Å². The van der Waals surface area contributed by atoms with E-state index in [2.05, 4.69) is 5.32 Å². The third-order valence-corrected chi connectivity index (χ3v) is 5.28. The number of anilines is 1. The molecule has 2 aromatic rings. The Kier molecular flexibility index (Phi) is 5.66. The Balaban J connectivity index is 1.69. The lowest BCUT2D eigenvalue weighted by Crippen LogP contribution is -2.49. The van der Waals surface area contributed by atoms with Gasteiger partial charge in [0.1, 0.15) is 0 Å². The first-order valence-corrected chi connectivity index (χ1v) is 9.45. The highest BCUT2D eigenvalue weighted by Crippen LogP contribution is 2.27. The van der Waals surface area contributed by atoms with Gasteiger partial charge in [0, 0.05) is 46.4 Å². The Labute approximate surface area is 155 Å². The monoisotopic (exact) mass is 378 g/mol. The van der Waals surface area contributed by atoms with E-state index in [0.29, 0.717) is 34.9 Å². The summed E-state index contributed by atoms with van der Waals surface area (Å²) in [4.78, 5) is 13.8. The maximum atomic E-state index is 12.2. The molecular formula is C18H19ClN2O3S. The zero-order valence-electron chi connectivity index (χ0n) is 13.5. The topological polar surface area (TPSA) is 72.8 Å². The van der Waals surface area contributed by atoms with E-state index < -0.39 is 5.91 Å². The Hall–Kier alpha value is -1.57. The second kappa shape index (κ2) is 7.76. The van der Waals surface area contributed by atoms with Crippen molar-refractivity contribution in [1.82, 2.24) is 4.90 Å². The molecule has 3 rings (SSSR count). The minimum absolute atomic E-state index is 0.253. The van der Waals surface area contributed by atoms with Crippen LogP contribution in [0, 0.1) is 0 Å². The number of hydrogen-bond acceptors (Lipinski definition) is 5. The van der Waals surface area contributed by atoms with E-state index in [0.717, 1.165) is 11.5 Å². The predicted octanol–water partition coefficient (Wildman–Crippen LogP) is 2.74. The molecule has 132 valence electrons. The van der Waals surface area contributed by atoms with Crippen LogP contribution in [-0.4, -0.2) is 45.6 Å². The van der Waals surface area contributed by atoms with Gasteiger partial charge >= 0.3 is 0 Å². The van der Waals surface area contributed by atoms with Gasteiger partial charge in [-0.15, -0.1) is 0 Å². The van der Waals surface area contributed by atoms with E-state index in [9.17, 15) is 15.0 Å². The van der Waals surface area contributed by atoms with Crippen molar-refractivity contribution in [2.24, 2.45) is 0 Å². The molecule has 1 aliphatic heterocycles. The zero-order valence-corrected chi connectivity index (χ0v) is 15.1.